The van der Waals surface area contributed by atoms with Crippen LogP contribution in [0, 0.1) is 20.8 Å². The number of anilines is 1. The van der Waals surface area contributed by atoms with E-state index in [9.17, 15) is 9.59 Å². The zero-order chi connectivity index (χ0) is 22.4. The SMILES string of the molecule is C=CCNC(=O)CN1CCN(CC(=O)Nc2nc(-c3cc(C)c(C)cc3C)cs2)CC1. The molecule has 166 valence electrons. The predicted octanol–water partition coefficient (Wildman–Crippen LogP) is 2.59. The third-order valence-electron chi connectivity index (χ3n) is 5.51. The van der Waals surface area contributed by atoms with Crippen molar-refractivity contribution < 1.29 is 9.59 Å². The van der Waals surface area contributed by atoms with Crippen molar-refractivity contribution in [2.24, 2.45) is 0 Å². The smallest absolute Gasteiger partial charge is 0.240 e. The number of aryl methyl sites for hydroxylation is 3. The fourth-order valence-corrected chi connectivity index (χ4v) is 4.33. The zero-order valence-corrected chi connectivity index (χ0v) is 19.3. The van der Waals surface area contributed by atoms with Gasteiger partial charge in [0, 0.05) is 43.7 Å². The molecule has 0 unspecified atom stereocenters. The molecule has 2 heterocycles. The molecule has 0 spiro atoms. The van der Waals surface area contributed by atoms with E-state index in [1.165, 1.54) is 28.0 Å². The van der Waals surface area contributed by atoms with Crippen LogP contribution in [0.3, 0.4) is 0 Å². The van der Waals surface area contributed by atoms with Gasteiger partial charge < -0.3 is 10.6 Å². The number of hydrogen-bond acceptors (Lipinski definition) is 6. The largest absolute Gasteiger partial charge is 0.352 e. The highest BCUT2D eigenvalue weighted by Gasteiger charge is 2.21. The molecule has 1 aliphatic heterocycles. The Bertz CT molecular complexity index is 947. The second-order valence-corrected chi connectivity index (χ2v) is 8.84. The molecule has 1 aromatic heterocycles. The molecule has 8 heteroatoms. The van der Waals surface area contributed by atoms with E-state index in [2.05, 4.69) is 64.9 Å². The van der Waals surface area contributed by atoms with Gasteiger partial charge in [-0.3, -0.25) is 19.4 Å². The van der Waals surface area contributed by atoms with Crippen LogP contribution in [-0.4, -0.2) is 72.4 Å². The standard InChI is InChI=1S/C23H31N5O2S/c1-5-6-24-21(29)13-27-7-9-28(10-8-27)14-22(30)26-23-25-20(15-31-23)19-12-17(3)16(2)11-18(19)4/h5,11-12,15H,1,6-10,13-14H2,2-4H3,(H,24,29)(H,25,26,30). The van der Waals surface area contributed by atoms with E-state index < -0.39 is 0 Å². The minimum absolute atomic E-state index is 0.00433. The van der Waals surface area contributed by atoms with E-state index in [1.54, 1.807) is 6.08 Å². The average molecular weight is 442 g/mol. The summed E-state index contributed by atoms with van der Waals surface area (Å²) >= 11 is 1.45. The highest BCUT2D eigenvalue weighted by molar-refractivity contribution is 7.14. The molecule has 0 radical (unpaired) electrons. The van der Waals surface area contributed by atoms with E-state index in [4.69, 9.17) is 0 Å². The van der Waals surface area contributed by atoms with Crippen molar-refractivity contribution in [2.75, 3.05) is 51.1 Å². The number of carbonyl (C=O) groups excluding carboxylic acids is 2. The van der Waals surface area contributed by atoms with Crippen LogP contribution in [0.2, 0.25) is 0 Å². The summed E-state index contributed by atoms with van der Waals surface area (Å²) in [6.45, 7) is 14.1. The van der Waals surface area contributed by atoms with Crippen molar-refractivity contribution in [3.05, 3.63) is 46.9 Å². The molecule has 2 N–H and O–H groups in total. The number of nitrogens with one attached hydrogen (secondary N) is 2. The van der Waals surface area contributed by atoms with E-state index in [1.807, 2.05) is 5.38 Å². The summed E-state index contributed by atoms with van der Waals surface area (Å²) in [6.07, 6.45) is 1.67. The maximum Gasteiger partial charge on any atom is 0.240 e. The summed E-state index contributed by atoms with van der Waals surface area (Å²) in [5.41, 5.74) is 5.68. The van der Waals surface area contributed by atoms with Crippen LogP contribution >= 0.6 is 11.3 Å². The molecule has 1 aliphatic rings. The molecule has 1 aromatic carbocycles. The number of aromatic nitrogens is 1. The van der Waals surface area contributed by atoms with E-state index in [0.29, 0.717) is 24.8 Å². The molecule has 3 rings (SSSR count). The quantitative estimate of drug-likeness (QED) is 0.616. The number of amides is 2. The third-order valence-corrected chi connectivity index (χ3v) is 6.27. The first kappa shape index (κ1) is 23.1. The number of hydrogen-bond donors (Lipinski definition) is 2. The first-order valence-electron chi connectivity index (χ1n) is 10.5. The van der Waals surface area contributed by atoms with Gasteiger partial charge in [-0.2, -0.15) is 0 Å². The number of nitrogens with zero attached hydrogens (tertiary/aromatic N) is 3. The highest BCUT2D eigenvalue weighted by atomic mass is 32.1. The van der Waals surface area contributed by atoms with Gasteiger partial charge in [-0.15, -0.1) is 17.9 Å². The van der Waals surface area contributed by atoms with Gasteiger partial charge in [0.05, 0.1) is 18.8 Å². The topological polar surface area (TPSA) is 77.6 Å². The molecule has 0 saturated carbocycles. The van der Waals surface area contributed by atoms with Gasteiger partial charge in [0.25, 0.3) is 0 Å². The first-order chi connectivity index (χ1) is 14.9. The van der Waals surface area contributed by atoms with Crippen molar-refractivity contribution >= 4 is 28.3 Å². The van der Waals surface area contributed by atoms with Gasteiger partial charge in [-0.1, -0.05) is 12.1 Å². The number of carbonyl (C=O) groups is 2. The van der Waals surface area contributed by atoms with Gasteiger partial charge in [-0.25, -0.2) is 4.98 Å². The van der Waals surface area contributed by atoms with Crippen LogP contribution in [0.1, 0.15) is 16.7 Å². The lowest BCUT2D eigenvalue weighted by Gasteiger charge is -2.33. The fraction of sp³-hybridized carbons (Fsp3) is 0.435. The van der Waals surface area contributed by atoms with Crippen molar-refractivity contribution in [3.63, 3.8) is 0 Å². The number of piperazine rings is 1. The summed E-state index contributed by atoms with van der Waals surface area (Å²) in [5, 5.41) is 8.33. The minimum atomic E-state index is -0.0603. The van der Waals surface area contributed by atoms with E-state index in [-0.39, 0.29) is 11.8 Å². The van der Waals surface area contributed by atoms with Gasteiger partial charge in [0.2, 0.25) is 11.8 Å². The minimum Gasteiger partial charge on any atom is -0.352 e. The summed E-state index contributed by atoms with van der Waals surface area (Å²) < 4.78 is 0. The summed E-state index contributed by atoms with van der Waals surface area (Å²) in [6, 6.07) is 4.33. The van der Waals surface area contributed by atoms with Crippen LogP contribution < -0.4 is 10.6 Å². The van der Waals surface area contributed by atoms with Crippen LogP contribution in [0.5, 0.6) is 0 Å². The van der Waals surface area contributed by atoms with Crippen molar-refractivity contribution in [2.45, 2.75) is 20.8 Å². The second-order valence-electron chi connectivity index (χ2n) is 7.98. The maximum absolute atomic E-state index is 12.5. The molecular weight excluding hydrogens is 410 g/mol. The molecule has 2 aromatic rings. The predicted molar refractivity (Wildman–Crippen MR) is 126 cm³/mol. The zero-order valence-electron chi connectivity index (χ0n) is 18.5. The molecule has 31 heavy (non-hydrogen) atoms. The Balaban J connectivity index is 1.47. The van der Waals surface area contributed by atoms with Gasteiger partial charge >= 0.3 is 0 Å². The number of benzene rings is 1. The Kier molecular flexibility index (Phi) is 7.95. The van der Waals surface area contributed by atoms with Gasteiger partial charge in [0.15, 0.2) is 5.13 Å². The van der Waals surface area contributed by atoms with E-state index >= 15 is 0 Å². The first-order valence-corrected chi connectivity index (χ1v) is 11.4. The monoisotopic (exact) mass is 441 g/mol. The summed E-state index contributed by atoms with van der Waals surface area (Å²) in [4.78, 5) is 33.1. The van der Waals surface area contributed by atoms with E-state index in [0.717, 1.165) is 37.4 Å². The van der Waals surface area contributed by atoms with Crippen molar-refractivity contribution in [3.8, 4) is 11.3 Å². The Hall–Kier alpha value is -2.55. The lowest BCUT2D eigenvalue weighted by molar-refractivity contribution is -0.123. The fourth-order valence-electron chi connectivity index (χ4n) is 3.60. The van der Waals surface area contributed by atoms with Crippen LogP contribution in [-0.2, 0) is 9.59 Å². The molecule has 0 bridgehead atoms. The molecular formula is C23H31N5O2S. The Morgan fingerprint density at radius 1 is 1.03 bits per heavy atom. The molecule has 0 aliphatic carbocycles. The lowest BCUT2D eigenvalue weighted by atomic mass is 9.99. The Labute approximate surface area is 188 Å². The van der Waals surface area contributed by atoms with Crippen LogP contribution in [0.25, 0.3) is 11.3 Å². The van der Waals surface area contributed by atoms with Gasteiger partial charge in [-0.05, 0) is 43.5 Å². The highest BCUT2D eigenvalue weighted by Crippen LogP contribution is 2.29. The average Bonchev–Trinajstić information content (AvgIpc) is 3.18. The Morgan fingerprint density at radius 3 is 2.29 bits per heavy atom. The molecule has 7 nitrogen and oxygen atoms in total. The lowest BCUT2D eigenvalue weighted by Crippen LogP contribution is -2.51. The Morgan fingerprint density at radius 2 is 1.65 bits per heavy atom. The number of thiazole rings is 1. The van der Waals surface area contributed by atoms with Gasteiger partial charge in [0.1, 0.15) is 0 Å². The third kappa shape index (κ3) is 6.46. The second kappa shape index (κ2) is 10.7. The molecule has 2 amide bonds. The summed E-state index contributed by atoms with van der Waals surface area (Å²) in [5.74, 6) is -0.0560. The van der Waals surface area contributed by atoms with Crippen molar-refractivity contribution in [1.29, 1.82) is 0 Å². The molecule has 0 atom stereocenters. The molecule has 1 fully saturated rings. The van der Waals surface area contributed by atoms with Crippen LogP contribution in [0.15, 0.2) is 30.2 Å². The number of rotatable bonds is 8. The maximum atomic E-state index is 12.5. The molecule has 1 saturated heterocycles. The van der Waals surface area contributed by atoms with Crippen molar-refractivity contribution in [1.82, 2.24) is 20.1 Å². The van der Waals surface area contributed by atoms with Crippen LogP contribution in [0.4, 0.5) is 5.13 Å². The normalized spacial score (nSPS) is 14.9. The summed E-state index contributed by atoms with van der Waals surface area (Å²) in [7, 11) is 0.